The first-order valence-corrected chi connectivity index (χ1v) is 5.99. The SMILES string of the molecule is Cc1nn(C)c(C)c1C[C@H]1CCCN1C(=O)O. The Morgan fingerprint density at radius 3 is 2.76 bits per heavy atom. The summed E-state index contributed by atoms with van der Waals surface area (Å²) >= 11 is 0. The first-order chi connectivity index (χ1) is 8.00. The fourth-order valence-corrected chi connectivity index (χ4v) is 2.65. The summed E-state index contributed by atoms with van der Waals surface area (Å²) in [6.07, 6.45) is 1.92. The lowest BCUT2D eigenvalue weighted by atomic mass is 10.0. The molecule has 17 heavy (non-hydrogen) atoms. The second kappa shape index (κ2) is 4.39. The lowest BCUT2D eigenvalue weighted by Crippen LogP contribution is -2.35. The van der Waals surface area contributed by atoms with Crippen LogP contribution in [0.1, 0.15) is 29.8 Å². The van der Waals surface area contributed by atoms with Crippen LogP contribution in [-0.2, 0) is 13.5 Å². The molecule has 0 saturated carbocycles. The summed E-state index contributed by atoms with van der Waals surface area (Å²) in [4.78, 5) is 12.6. The Bertz CT molecular complexity index is 439. The molecule has 0 aromatic carbocycles. The van der Waals surface area contributed by atoms with Gasteiger partial charge in [0.1, 0.15) is 0 Å². The highest BCUT2D eigenvalue weighted by Crippen LogP contribution is 2.24. The third-order valence-corrected chi connectivity index (χ3v) is 3.72. The van der Waals surface area contributed by atoms with E-state index >= 15 is 0 Å². The van der Waals surface area contributed by atoms with E-state index in [0.717, 1.165) is 30.7 Å². The number of amides is 1. The van der Waals surface area contributed by atoms with E-state index < -0.39 is 6.09 Å². The minimum absolute atomic E-state index is 0.120. The van der Waals surface area contributed by atoms with E-state index in [-0.39, 0.29) is 6.04 Å². The van der Waals surface area contributed by atoms with E-state index in [1.165, 1.54) is 5.56 Å². The number of aromatic nitrogens is 2. The Morgan fingerprint density at radius 1 is 1.53 bits per heavy atom. The largest absolute Gasteiger partial charge is 0.465 e. The van der Waals surface area contributed by atoms with Gasteiger partial charge in [-0.15, -0.1) is 0 Å². The van der Waals surface area contributed by atoms with E-state index in [1.54, 1.807) is 4.90 Å². The molecule has 0 bridgehead atoms. The van der Waals surface area contributed by atoms with E-state index in [4.69, 9.17) is 5.11 Å². The molecule has 1 aliphatic heterocycles. The second-order valence-electron chi connectivity index (χ2n) is 4.75. The fourth-order valence-electron chi connectivity index (χ4n) is 2.65. The Morgan fingerprint density at radius 2 is 2.24 bits per heavy atom. The zero-order valence-corrected chi connectivity index (χ0v) is 10.6. The summed E-state index contributed by atoms with van der Waals surface area (Å²) in [5.74, 6) is 0. The molecular weight excluding hydrogens is 218 g/mol. The predicted molar refractivity (Wildman–Crippen MR) is 64.1 cm³/mol. The first kappa shape index (κ1) is 12.0. The molecule has 2 heterocycles. The van der Waals surface area contributed by atoms with Gasteiger partial charge in [-0.25, -0.2) is 4.79 Å². The number of likely N-dealkylation sites (tertiary alicyclic amines) is 1. The van der Waals surface area contributed by atoms with Gasteiger partial charge in [-0.2, -0.15) is 5.10 Å². The zero-order valence-electron chi connectivity index (χ0n) is 10.6. The monoisotopic (exact) mass is 237 g/mol. The first-order valence-electron chi connectivity index (χ1n) is 5.99. The number of carboxylic acid groups (broad SMARTS) is 1. The molecule has 5 heteroatoms. The molecule has 1 atom stereocenters. The smallest absolute Gasteiger partial charge is 0.407 e. The number of hydrogen-bond donors (Lipinski definition) is 1. The second-order valence-corrected chi connectivity index (χ2v) is 4.75. The number of nitrogens with zero attached hydrogens (tertiary/aromatic N) is 3. The van der Waals surface area contributed by atoms with Gasteiger partial charge in [0.25, 0.3) is 0 Å². The van der Waals surface area contributed by atoms with Crippen molar-refractivity contribution < 1.29 is 9.90 Å². The molecule has 5 nitrogen and oxygen atoms in total. The van der Waals surface area contributed by atoms with Crippen LogP contribution in [0.15, 0.2) is 0 Å². The summed E-state index contributed by atoms with van der Waals surface area (Å²) in [7, 11) is 1.93. The summed E-state index contributed by atoms with van der Waals surface area (Å²) in [5, 5.41) is 13.5. The predicted octanol–water partition coefficient (Wildman–Crippen LogP) is 1.72. The molecule has 0 spiro atoms. The lowest BCUT2D eigenvalue weighted by Gasteiger charge is -2.21. The Labute approximate surface area is 101 Å². The van der Waals surface area contributed by atoms with Gasteiger partial charge in [-0.05, 0) is 38.7 Å². The standard InChI is InChI=1S/C12H19N3O2/c1-8-11(9(2)14(3)13-8)7-10-5-4-6-15(10)12(16)17/h10H,4-7H2,1-3H3,(H,16,17)/t10-/m1/s1. The maximum Gasteiger partial charge on any atom is 0.407 e. The average molecular weight is 237 g/mol. The van der Waals surface area contributed by atoms with Crippen molar-refractivity contribution in [1.29, 1.82) is 0 Å². The van der Waals surface area contributed by atoms with Crippen LogP contribution in [0, 0.1) is 13.8 Å². The highest BCUT2D eigenvalue weighted by atomic mass is 16.4. The minimum atomic E-state index is -0.799. The Kier molecular flexibility index (Phi) is 3.09. The zero-order chi connectivity index (χ0) is 12.6. The van der Waals surface area contributed by atoms with Crippen LogP contribution in [0.2, 0.25) is 0 Å². The number of aryl methyl sites for hydroxylation is 2. The average Bonchev–Trinajstić information content (AvgIpc) is 2.80. The van der Waals surface area contributed by atoms with E-state index in [2.05, 4.69) is 5.10 Å². The Balaban J connectivity index is 2.18. The quantitative estimate of drug-likeness (QED) is 0.852. The van der Waals surface area contributed by atoms with Crippen LogP contribution in [-0.4, -0.2) is 38.5 Å². The molecule has 1 amide bonds. The van der Waals surface area contributed by atoms with Crippen LogP contribution in [0.3, 0.4) is 0 Å². The summed E-state index contributed by atoms with van der Waals surface area (Å²) < 4.78 is 1.87. The van der Waals surface area contributed by atoms with Crippen LogP contribution in [0.5, 0.6) is 0 Å². The minimum Gasteiger partial charge on any atom is -0.465 e. The van der Waals surface area contributed by atoms with Crippen molar-refractivity contribution in [2.24, 2.45) is 7.05 Å². The maximum atomic E-state index is 11.1. The van der Waals surface area contributed by atoms with Gasteiger partial charge in [0.05, 0.1) is 5.69 Å². The van der Waals surface area contributed by atoms with Crippen molar-refractivity contribution in [2.75, 3.05) is 6.54 Å². The van der Waals surface area contributed by atoms with Gasteiger partial charge in [-0.1, -0.05) is 0 Å². The molecule has 1 aromatic rings. The van der Waals surface area contributed by atoms with Gasteiger partial charge >= 0.3 is 6.09 Å². The molecule has 1 aliphatic rings. The summed E-state index contributed by atoms with van der Waals surface area (Å²) in [5.41, 5.74) is 3.35. The van der Waals surface area contributed by atoms with Gasteiger partial charge in [-0.3, -0.25) is 4.68 Å². The van der Waals surface area contributed by atoms with Crippen molar-refractivity contribution in [2.45, 2.75) is 39.2 Å². The van der Waals surface area contributed by atoms with Gasteiger partial charge in [0.2, 0.25) is 0 Å². The van der Waals surface area contributed by atoms with E-state index in [1.807, 2.05) is 25.6 Å². The molecule has 94 valence electrons. The van der Waals surface area contributed by atoms with Crippen molar-refractivity contribution in [1.82, 2.24) is 14.7 Å². The van der Waals surface area contributed by atoms with Gasteiger partial charge in [0, 0.05) is 25.3 Å². The fraction of sp³-hybridized carbons (Fsp3) is 0.667. The molecule has 2 rings (SSSR count). The van der Waals surface area contributed by atoms with Crippen molar-refractivity contribution in [3.63, 3.8) is 0 Å². The van der Waals surface area contributed by atoms with Gasteiger partial charge < -0.3 is 10.0 Å². The molecule has 1 aromatic heterocycles. The molecular formula is C12H19N3O2. The molecule has 1 saturated heterocycles. The third kappa shape index (κ3) is 2.14. The van der Waals surface area contributed by atoms with Crippen LogP contribution >= 0.6 is 0 Å². The number of rotatable bonds is 2. The normalized spacial score (nSPS) is 19.9. The van der Waals surface area contributed by atoms with Crippen molar-refractivity contribution in [3.05, 3.63) is 17.0 Å². The highest BCUT2D eigenvalue weighted by Gasteiger charge is 2.29. The molecule has 1 N–H and O–H groups in total. The third-order valence-electron chi connectivity index (χ3n) is 3.72. The molecule has 0 unspecified atom stereocenters. The van der Waals surface area contributed by atoms with E-state index in [9.17, 15) is 4.79 Å². The van der Waals surface area contributed by atoms with Crippen LogP contribution in [0.25, 0.3) is 0 Å². The van der Waals surface area contributed by atoms with E-state index in [0.29, 0.717) is 6.54 Å². The summed E-state index contributed by atoms with van der Waals surface area (Å²) in [6, 6.07) is 0.120. The van der Waals surface area contributed by atoms with Crippen LogP contribution < -0.4 is 0 Å². The highest BCUT2D eigenvalue weighted by molar-refractivity contribution is 5.65. The molecule has 1 fully saturated rings. The molecule has 0 aliphatic carbocycles. The van der Waals surface area contributed by atoms with Crippen LogP contribution in [0.4, 0.5) is 4.79 Å². The van der Waals surface area contributed by atoms with Crippen molar-refractivity contribution >= 4 is 6.09 Å². The lowest BCUT2D eigenvalue weighted by molar-refractivity contribution is 0.140. The number of hydrogen-bond acceptors (Lipinski definition) is 2. The topological polar surface area (TPSA) is 58.4 Å². The molecule has 0 radical (unpaired) electrons. The summed E-state index contributed by atoms with van der Waals surface area (Å²) in [6.45, 7) is 4.69. The van der Waals surface area contributed by atoms with Gasteiger partial charge in [0.15, 0.2) is 0 Å². The van der Waals surface area contributed by atoms with Crippen molar-refractivity contribution in [3.8, 4) is 0 Å². The Hall–Kier alpha value is -1.52. The number of carbonyl (C=O) groups is 1. The maximum absolute atomic E-state index is 11.1.